The average molecular weight is 603 g/mol. The first kappa shape index (κ1) is 26.7. The molecule has 17 heteroatoms. The Hall–Kier alpha value is -3.51. The van der Waals surface area contributed by atoms with Gasteiger partial charge < -0.3 is 21.2 Å². The molecule has 40 heavy (non-hydrogen) atoms. The number of hydrogen-bond donors (Lipinski definition) is 4. The van der Waals surface area contributed by atoms with Gasteiger partial charge in [-0.15, -0.1) is 32.9 Å². The third-order valence-electron chi connectivity index (χ3n) is 7.08. The van der Waals surface area contributed by atoms with Crippen LogP contribution in [0, 0.1) is 0 Å². The highest BCUT2D eigenvalue weighted by molar-refractivity contribution is 7.91. The van der Waals surface area contributed by atoms with E-state index in [0.717, 1.165) is 33.0 Å². The second-order valence-electron chi connectivity index (χ2n) is 9.73. The van der Waals surface area contributed by atoms with Gasteiger partial charge in [-0.25, -0.2) is 13.4 Å². The van der Waals surface area contributed by atoms with E-state index in [9.17, 15) is 13.2 Å². The van der Waals surface area contributed by atoms with Gasteiger partial charge in [-0.1, -0.05) is 10.4 Å². The fraction of sp³-hybridized carbons (Fsp3) is 0.391. The Morgan fingerprint density at radius 3 is 2.90 bits per heavy atom. The molecule has 1 fully saturated rings. The molecular formula is C23H26N10O4S3. The van der Waals surface area contributed by atoms with Gasteiger partial charge >= 0.3 is 0 Å². The number of aromatic nitrogens is 5. The zero-order valence-electron chi connectivity index (χ0n) is 21.3. The highest BCUT2D eigenvalue weighted by Crippen LogP contribution is 2.33. The highest BCUT2D eigenvalue weighted by Gasteiger charge is 2.39. The lowest BCUT2D eigenvalue weighted by Gasteiger charge is -2.39. The van der Waals surface area contributed by atoms with E-state index in [1.54, 1.807) is 29.2 Å². The third kappa shape index (κ3) is 4.94. The fourth-order valence-corrected chi connectivity index (χ4v) is 8.98. The summed E-state index contributed by atoms with van der Waals surface area (Å²) in [5.41, 5.74) is 7.13. The lowest BCUT2D eigenvalue weighted by molar-refractivity contribution is 0.0562. The standard InChI is InChI=1S/C23H26N10O4S3/c1-12-6-16-18(10-25-12)39-22(26-16)23(34)33-5-4-32(11-15(33)9-19-27-30-31-28-19)40(36,37)20-8-14-7-13(21(24)29-35)2-3-17(14)38-20/h2-3,7-8,12,15,25,35H,4-6,9-11H2,1H3,(H2,24,29)(H,27,28,30,31). The van der Waals surface area contributed by atoms with Crippen molar-refractivity contribution < 1.29 is 18.4 Å². The molecular weight excluding hydrogens is 577 g/mol. The number of benzene rings is 1. The number of thiophene rings is 1. The van der Waals surface area contributed by atoms with Crippen LogP contribution in [-0.4, -0.2) is 91.9 Å². The van der Waals surface area contributed by atoms with Crippen LogP contribution in [0.5, 0.6) is 0 Å². The van der Waals surface area contributed by atoms with E-state index < -0.39 is 16.1 Å². The quantitative estimate of drug-likeness (QED) is 0.106. The van der Waals surface area contributed by atoms with Gasteiger partial charge in [0.1, 0.15) is 4.21 Å². The molecule has 1 amide bonds. The van der Waals surface area contributed by atoms with Crippen molar-refractivity contribution in [1.82, 2.24) is 40.1 Å². The number of sulfonamides is 1. The molecule has 4 aromatic rings. The largest absolute Gasteiger partial charge is 0.409 e. The van der Waals surface area contributed by atoms with Crippen molar-refractivity contribution >= 4 is 54.5 Å². The molecule has 0 saturated carbocycles. The summed E-state index contributed by atoms with van der Waals surface area (Å²) in [5, 5.41) is 30.6. The maximum atomic E-state index is 13.8. The van der Waals surface area contributed by atoms with Crippen LogP contribution >= 0.6 is 22.7 Å². The number of H-pyrrole nitrogens is 1. The van der Waals surface area contributed by atoms with E-state index in [4.69, 9.17) is 10.9 Å². The van der Waals surface area contributed by atoms with Crippen molar-refractivity contribution in [2.75, 3.05) is 19.6 Å². The molecule has 3 aromatic heterocycles. The van der Waals surface area contributed by atoms with Crippen LogP contribution in [0.3, 0.4) is 0 Å². The number of thiazole rings is 1. The number of rotatable bonds is 6. The first-order valence-electron chi connectivity index (χ1n) is 12.5. The fourth-order valence-electron chi connectivity index (χ4n) is 4.98. The number of amidine groups is 1. The number of nitrogens with two attached hydrogens (primary N) is 1. The summed E-state index contributed by atoms with van der Waals surface area (Å²) in [7, 11) is -3.88. The van der Waals surface area contributed by atoms with E-state index in [-0.39, 0.29) is 48.0 Å². The normalized spacial score (nSPS) is 20.6. The molecule has 0 bridgehead atoms. The minimum Gasteiger partial charge on any atom is -0.409 e. The van der Waals surface area contributed by atoms with Gasteiger partial charge in [-0.05, 0) is 36.6 Å². The smallest absolute Gasteiger partial charge is 0.283 e. The molecule has 5 N–H and O–H groups in total. The molecule has 0 radical (unpaired) electrons. The van der Waals surface area contributed by atoms with Crippen LogP contribution in [0.15, 0.2) is 33.6 Å². The van der Waals surface area contributed by atoms with E-state index in [1.165, 1.54) is 15.6 Å². The minimum atomic E-state index is -3.88. The third-order valence-corrected chi connectivity index (χ3v) is 11.6. The van der Waals surface area contributed by atoms with Gasteiger partial charge in [0, 0.05) is 60.2 Å². The van der Waals surface area contributed by atoms with Crippen molar-refractivity contribution in [3.63, 3.8) is 0 Å². The molecule has 210 valence electrons. The molecule has 1 saturated heterocycles. The summed E-state index contributed by atoms with van der Waals surface area (Å²) < 4.78 is 29.9. The molecule has 6 rings (SSSR count). The number of amides is 1. The van der Waals surface area contributed by atoms with Crippen LogP contribution in [0.1, 0.15) is 38.7 Å². The maximum Gasteiger partial charge on any atom is 0.283 e. The van der Waals surface area contributed by atoms with Crippen LogP contribution in [0.4, 0.5) is 0 Å². The predicted molar refractivity (Wildman–Crippen MR) is 148 cm³/mol. The van der Waals surface area contributed by atoms with Gasteiger partial charge in [0.05, 0.1) is 11.7 Å². The summed E-state index contributed by atoms with van der Waals surface area (Å²) in [5.74, 6) is 0.0978. The second-order valence-corrected chi connectivity index (χ2v) is 14.1. The zero-order valence-corrected chi connectivity index (χ0v) is 23.8. The van der Waals surface area contributed by atoms with Crippen LogP contribution in [0.2, 0.25) is 0 Å². The van der Waals surface area contributed by atoms with E-state index in [0.29, 0.717) is 28.3 Å². The molecule has 0 spiro atoms. The number of piperazine rings is 1. The Kier molecular flexibility index (Phi) is 6.99. The number of carbonyl (C=O) groups excluding carboxylic acids is 1. The number of nitrogens with zero attached hydrogens (tertiary/aromatic N) is 7. The minimum absolute atomic E-state index is 0.0607. The van der Waals surface area contributed by atoms with Crippen molar-refractivity contribution in [2.24, 2.45) is 10.9 Å². The monoisotopic (exact) mass is 602 g/mol. The lowest BCUT2D eigenvalue weighted by Crippen LogP contribution is -2.57. The number of fused-ring (bicyclic) bond motifs is 2. The number of oxime groups is 1. The summed E-state index contributed by atoms with van der Waals surface area (Å²) in [6.07, 6.45) is 0.987. The first-order valence-corrected chi connectivity index (χ1v) is 15.6. The number of aromatic amines is 1. The Balaban J connectivity index is 1.27. The van der Waals surface area contributed by atoms with Gasteiger partial charge in [0.25, 0.3) is 15.9 Å². The SMILES string of the molecule is CC1Cc2nc(C(=O)N3CCN(S(=O)(=O)c4cc5cc(/C(N)=N\O)ccc5s4)CC3Cc3nn[nH]n3)sc2CN1. The Morgan fingerprint density at radius 1 is 1.27 bits per heavy atom. The van der Waals surface area contributed by atoms with Crippen LogP contribution < -0.4 is 11.1 Å². The maximum absolute atomic E-state index is 13.8. The van der Waals surface area contributed by atoms with E-state index in [2.05, 4.69) is 43.0 Å². The molecule has 2 atom stereocenters. The Morgan fingerprint density at radius 2 is 2.12 bits per heavy atom. The molecule has 0 aliphatic carbocycles. The molecule has 2 aliphatic rings. The van der Waals surface area contributed by atoms with Crippen molar-refractivity contribution in [3.8, 4) is 0 Å². The zero-order chi connectivity index (χ0) is 28.0. The summed E-state index contributed by atoms with van der Waals surface area (Å²) in [6, 6.07) is 6.45. The number of nitrogens with one attached hydrogen (secondary N) is 2. The molecule has 5 heterocycles. The molecule has 1 aromatic carbocycles. The molecule has 2 aliphatic heterocycles. The van der Waals surface area contributed by atoms with Gasteiger partial charge in [0.15, 0.2) is 16.7 Å². The number of hydrogen-bond acceptors (Lipinski definition) is 12. The van der Waals surface area contributed by atoms with Crippen molar-refractivity contribution in [2.45, 2.75) is 42.6 Å². The Bertz CT molecular complexity index is 1700. The van der Waals surface area contributed by atoms with E-state index in [1.807, 2.05) is 0 Å². The van der Waals surface area contributed by atoms with Crippen molar-refractivity contribution in [3.05, 3.63) is 51.2 Å². The number of carbonyl (C=O) groups is 1. The van der Waals surface area contributed by atoms with Crippen LogP contribution in [-0.2, 0) is 29.4 Å². The number of tetrazole rings is 1. The topological polar surface area (TPSA) is 196 Å². The average Bonchev–Trinajstić information content (AvgIpc) is 3.71. The predicted octanol–water partition coefficient (Wildman–Crippen LogP) is 0.758. The summed E-state index contributed by atoms with van der Waals surface area (Å²) in [4.78, 5) is 21.1. The van der Waals surface area contributed by atoms with Crippen LogP contribution in [0.25, 0.3) is 10.1 Å². The highest BCUT2D eigenvalue weighted by atomic mass is 32.2. The molecule has 2 unspecified atom stereocenters. The second kappa shape index (κ2) is 10.5. The van der Waals surface area contributed by atoms with Crippen molar-refractivity contribution in [1.29, 1.82) is 0 Å². The van der Waals surface area contributed by atoms with Gasteiger partial charge in [-0.2, -0.15) is 9.52 Å². The summed E-state index contributed by atoms with van der Waals surface area (Å²) >= 11 is 2.53. The lowest BCUT2D eigenvalue weighted by atomic mass is 10.1. The summed E-state index contributed by atoms with van der Waals surface area (Å²) in [6.45, 7) is 3.15. The van der Waals surface area contributed by atoms with E-state index >= 15 is 0 Å². The molecule has 14 nitrogen and oxygen atoms in total. The Labute approximate surface area is 236 Å². The first-order chi connectivity index (χ1) is 19.2. The van der Waals surface area contributed by atoms with Gasteiger partial charge in [0.2, 0.25) is 0 Å². The van der Waals surface area contributed by atoms with Gasteiger partial charge in [-0.3, -0.25) is 4.79 Å².